The van der Waals surface area contributed by atoms with Gasteiger partial charge < -0.3 is 19.7 Å². The van der Waals surface area contributed by atoms with Crippen LogP contribution in [0.3, 0.4) is 0 Å². The largest absolute Gasteiger partial charge is 0.444 e. The van der Waals surface area contributed by atoms with E-state index in [2.05, 4.69) is 15.3 Å². The monoisotopic (exact) mass is 667 g/mol. The maximum absolute atomic E-state index is 15.3. The number of fused-ring (bicyclic) bond motifs is 1. The number of anilines is 1. The number of nitrogens with one attached hydrogen (secondary N) is 1. The lowest BCUT2D eigenvalue weighted by Gasteiger charge is -2.34. The number of likely N-dealkylation sites (tertiary alicyclic amines) is 1. The molecule has 2 aliphatic rings. The number of pyridine rings is 1. The number of ether oxygens (including phenoxy) is 2. The number of hydrogen-bond acceptors (Lipinski definition) is 8. The molecule has 1 N–H and O–H groups in total. The first-order chi connectivity index (χ1) is 23.5. The molecule has 1 saturated carbocycles. The van der Waals surface area contributed by atoms with Gasteiger partial charge in [0.1, 0.15) is 23.0 Å². The first kappa shape index (κ1) is 34.3. The molecule has 3 heterocycles. The molecule has 0 spiro atoms. The molecule has 0 radical (unpaired) electrons. The SMILES string of the molecule is Cc1ccc2c(CC(=O)CC3CCCCC3)c(F)ccc2c1Oc1ncccc1-c1ccnc(N[C@H]2CCCN(C(=O)OC(C)(C)C)C2)n1. The van der Waals surface area contributed by atoms with Crippen molar-refractivity contribution >= 4 is 28.6 Å². The van der Waals surface area contributed by atoms with Crippen molar-refractivity contribution in [2.24, 2.45) is 5.92 Å². The van der Waals surface area contributed by atoms with E-state index in [4.69, 9.17) is 14.5 Å². The van der Waals surface area contributed by atoms with Crippen molar-refractivity contribution in [1.29, 1.82) is 0 Å². The van der Waals surface area contributed by atoms with Crippen LogP contribution in [-0.4, -0.2) is 56.5 Å². The smallest absolute Gasteiger partial charge is 0.410 e. The maximum atomic E-state index is 15.3. The average molecular weight is 668 g/mol. The summed E-state index contributed by atoms with van der Waals surface area (Å²) < 4.78 is 27.4. The molecule has 9 nitrogen and oxygen atoms in total. The van der Waals surface area contributed by atoms with Gasteiger partial charge in [0.15, 0.2) is 0 Å². The van der Waals surface area contributed by atoms with Gasteiger partial charge in [-0.25, -0.2) is 24.1 Å². The minimum atomic E-state index is -0.561. The maximum Gasteiger partial charge on any atom is 0.410 e. The van der Waals surface area contributed by atoms with Gasteiger partial charge in [0, 0.05) is 55.3 Å². The predicted octanol–water partition coefficient (Wildman–Crippen LogP) is 8.83. The van der Waals surface area contributed by atoms with Crippen molar-refractivity contribution in [3.8, 4) is 22.9 Å². The molecule has 1 saturated heterocycles. The van der Waals surface area contributed by atoms with Gasteiger partial charge in [-0.2, -0.15) is 0 Å². The highest BCUT2D eigenvalue weighted by Gasteiger charge is 2.28. The number of piperidine rings is 1. The molecule has 2 fully saturated rings. The summed E-state index contributed by atoms with van der Waals surface area (Å²) in [6.45, 7) is 8.65. The van der Waals surface area contributed by atoms with Crippen molar-refractivity contribution in [1.82, 2.24) is 19.9 Å². The fraction of sp³-hybridized carbons (Fsp3) is 0.462. The standard InChI is InChI=1S/C39H46FN5O4/c1-25-14-15-29-30(16-17-33(40)32(29)23-28(46)22-26-10-6-5-7-11-26)35(25)48-36-31(13-8-19-41-36)34-18-20-42-37(44-34)43-27-12-9-21-45(24-27)38(47)49-39(2,3)4/h8,13-20,26-27H,5-7,9-12,21-24H2,1-4H3,(H,42,43,44)/t27-/m0/s1. The van der Waals surface area contributed by atoms with E-state index in [1.165, 1.54) is 12.5 Å². The Hall–Kier alpha value is -4.60. The molecule has 0 bridgehead atoms. The number of nitrogens with zero attached hydrogens (tertiary/aromatic N) is 4. The van der Waals surface area contributed by atoms with Crippen molar-refractivity contribution in [2.75, 3.05) is 18.4 Å². The molecule has 1 amide bonds. The molecule has 258 valence electrons. The highest BCUT2D eigenvalue weighted by molar-refractivity contribution is 5.95. The number of ketones is 1. The highest BCUT2D eigenvalue weighted by Crippen LogP contribution is 2.38. The molecule has 1 aliphatic carbocycles. The number of carbonyl (C=O) groups is 2. The number of hydrogen-bond donors (Lipinski definition) is 1. The summed E-state index contributed by atoms with van der Waals surface area (Å²) in [5.41, 5.74) is 1.97. The van der Waals surface area contributed by atoms with Crippen LogP contribution >= 0.6 is 0 Å². The molecule has 1 aliphatic heterocycles. The van der Waals surface area contributed by atoms with Crippen molar-refractivity contribution in [2.45, 2.75) is 97.1 Å². The minimum absolute atomic E-state index is 0.0383. The number of amides is 1. The Morgan fingerprint density at radius 1 is 0.959 bits per heavy atom. The van der Waals surface area contributed by atoms with E-state index in [1.807, 2.05) is 52.0 Å². The molecule has 49 heavy (non-hydrogen) atoms. The summed E-state index contributed by atoms with van der Waals surface area (Å²) in [5.74, 6) is 1.42. The van der Waals surface area contributed by atoms with Gasteiger partial charge in [-0.05, 0) is 87.7 Å². The lowest BCUT2D eigenvalue weighted by Crippen LogP contribution is -2.47. The Labute approximate surface area is 287 Å². The lowest BCUT2D eigenvalue weighted by atomic mass is 9.84. The Balaban J connectivity index is 1.22. The molecule has 10 heteroatoms. The van der Waals surface area contributed by atoms with E-state index in [0.29, 0.717) is 65.2 Å². The van der Waals surface area contributed by atoms with Crippen LogP contribution in [0.5, 0.6) is 11.6 Å². The minimum Gasteiger partial charge on any atom is -0.444 e. The summed E-state index contributed by atoms with van der Waals surface area (Å²) in [5, 5.41) is 4.78. The summed E-state index contributed by atoms with van der Waals surface area (Å²) in [4.78, 5) is 41.4. The second kappa shape index (κ2) is 14.9. The van der Waals surface area contributed by atoms with Crippen LogP contribution in [0.15, 0.2) is 54.9 Å². The number of rotatable bonds is 9. The molecule has 4 aromatic rings. The molecule has 1 atom stereocenters. The normalized spacial score (nSPS) is 17.2. The zero-order chi connectivity index (χ0) is 34.5. The highest BCUT2D eigenvalue weighted by atomic mass is 19.1. The Bertz CT molecular complexity index is 1820. The summed E-state index contributed by atoms with van der Waals surface area (Å²) in [6.07, 6.45) is 11.0. The topological polar surface area (TPSA) is 107 Å². The van der Waals surface area contributed by atoms with Crippen molar-refractivity contribution < 1.29 is 23.5 Å². The Morgan fingerprint density at radius 3 is 2.55 bits per heavy atom. The van der Waals surface area contributed by atoms with Crippen molar-refractivity contribution in [3.05, 3.63) is 71.8 Å². The van der Waals surface area contributed by atoms with Crippen LogP contribution in [-0.2, 0) is 16.0 Å². The fourth-order valence-electron chi connectivity index (χ4n) is 6.93. The first-order valence-corrected chi connectivity index (χ1v) is 17.5. The number of aromatic nitrogens is 3. The van der Waals surface area contributed by atoms with Gasteiger partial charge >= 0.3 is 6.09 Å². The first-order valence-electron chi connectivity index (χ1n) is 17.5. The molecular weight excluding hydrogens is 621 g/mol. The van der Waals surface area contributed by atoms with Crippen LogP contribution in [0.1, 0.15) is 83.3 Å². The van der Waals surface area contributed by atoms with Gasteiger partial charge in [0.25, 0.3) is 0 Å². The van der Waals surface area contributed by atoms with Gasteiger partial charge in [0.2, 0.25) is 11.8 Å². The van der Waals surface area contributed by atoms with E-state index in [1.54, 1.807) is 29.4 Å². The average Bonchev–Trinajstić information content (AvgIpc) is 3.07. The number of benzene rings is 2. The van der Waals surface area contributed by atoms with Crippen LogP contribution in [0.4, 0.5) is 15.1 Å². The number of aryl methyl sites for hydroxylation is 1. The van der Waals surface area contributed by atoms with E-state index in [9.17, 15) is 9.59 Å². The molecule has 6 rings (SSSR count). The molecule has 2 aromatic heterocycles. The van der Waals surface area contributed by atoms with Crippen molar-refractivity contribution in [3.63, 3.8) is 0 Å². The van der Waals surface area contributed by atoms with Crippen LogP contribution < -0.4 is 10.1 Å². The Morgan fingerprint density at radius 2 is 1.76 bits per heavy atom. The van der Waals surface area contributed by atoms with Gasteiger partial charge in [0.05, 0.1) is 11.3 Å². The third kappa shape index (κ3) is 8.53. The number of carbonyl (C=O) groups excluding carboxylic acids is 2. The van der Waals surface area contributed by atoms with Gasteiger partial charge in [-0.1, -0.05) is 44.2 Å². The third-order valence-electron chi connectivity index (χ3n) is 9.33. The summed E-state index contributed by atoms with van der Waals surface area (Å²) in [7, 11) is 0. The number of Topliss-reactive ketones (excluding diaryl/α,β-unsaturated/α-hetero) is 1. The summed E-state index contributed by atoms with van der Waals surface area (Å²) >= 11 is 0. The second-order valence-corrected chi connectivity index (χ2v) is 14.4. The van der Waals surface area contributed by atoms with E-state index in [0.717, 1.165) is 49.5 Å². The molecule has 2 aromatic carbocycles. The van der Waals surface area contributed by atoms with E-state index in [-0.39, 0.29) is 30.2 Å². The van der Waals surface area contributed by atoms with Crippen LogP contribution in [0, 0.1) is 18.7 Å². The van der Waals surface area contributed by atoms with Gasteiger partial charge in [-0.15, -0.1) is 0 Å². The zero-order valence-electron chi connectivity index (χ0n) is 28.9. The number of halogens is 1. The Kier molecular flexibility index (Phi) is 10.4. The zero-order valence-corrected chi connectivity index (χ0v) is 28.9. The van der Waals surface area contributed by atoms with Crippen LogP contribution in [0.2, 0.25) is 0 Å². The molecular formula is C39H46FN5O4. The van der Waals surface area contributed by atoms with Crippen LogP contribution in [0.25, 0.3) is 22.0 Å². The van der Waals surface area contributed by atoms with E-state index >= 15 is 4.39 Å². The lowest BCUT2D eigenvalue weighted by molar-refractivity contribution is -0.119. The third-order valence-corrected chi connectivity index (χ3v) is 9.33. The van der Waals surface area contributed by atoms with E-state index < -0.39 is 5.60 Å². The quantitative estimate of drug-likeness (QED) is 0.189. The predicted molar refractivity (Wildman–Crippen MR) is 188 cm³/mol. The summed E-state index contributed by atoms with van der Waals surface area (Å²) in [6, 6.07) is 12.4. The van der Waals surface area contributed by atoms with Gasteiger partial charge in [-0.3, -0.25) is 4.79 Å². The molecule has 0 unspecified atom stereocenters. The fourth-order valence-corrected chi connectivity index (χ4v) is 6.93. The second-order valence-electron chi connectivity index (χ2n) is 14.4.